The maximum Gasteiger partial charge on any atom is 0.243 e. The highest BCUT2D eigenvalue weighted by atomic mass is 32.2. The molecule has 20 heavy (non-hydrogen) atoms. The molecule has 0 aromatic heterocycles. The summed E-state index contributed by atoms with van der Waals surface area (Å²) in [4.78, 5) is 17.6. The molecule has 5 nitrogen and oxygen atoms in total. The summed E-state index contributed by atoms with van der Waals surface area (Å²) < 4.78 is 0. The average Bonchev–Trinajstić information content (AvgIpc) is 2.45. The van der Waals surface area contributed by atoms with Crippen LogP contribution in [0.4, 0.5) is 0 Å². The van der Waals surface area contributed by atoms with Crippen molar-refractivity contribution in [3.05, 3.63) is 0 Å². The van der Waals surface area contributed by atoms with Crippen LogP contribution in [0.5, 0.6) is 0 Å². The molecule has 2 N–H and O–H groups in total. The lowest BCUT2D eigenvalue weighted by atomic mass is 9.96. The Kier molecular flexibility index (Phi) is 8.49. The van der Waals surface area contributed by atoms with Gasteiger partial charge in [-0.25, -0.2) is 4.99 Å². The van der Waals surface area contributed by atoms with E-state index in [1.807, 2.05) is 0 Å². The molecule has 0 spiro atoms. The van der Waals surface area contributed by atoms with E-state index >= 15 is 0 Å². The van der Waals surface area contributed by atoms with Crippen LogP contribution >= 0.6 is 11.8 Å². The maximum absolute atomic E-state index is 11.6. The number of carbonyl (C=O) groups excluding carboxylic acids is 1. The van der Waals surface area contributed by atoms with E-state index < -0.39 is 0 Å². The van der Waals surface area contributed by atoms with Gasteiger partial charge in [0.1, 0.15) is 6.54 Å². The van der Waals surface area contributed by atoms with Crippen LogP contribution in [0.15, 0.2) is 4.99 Å². The van der Waals surface area contributed by atoms with E-state index in [2.05, 4.69) is 21.9 Å². The molecule has 0 aliphatic heterocycles. The number of nitrogens with zero attached hydrogens (tertiary/aromatic N) is 2. The molecular formula is C14H28N4OS. The van der Waals surface area contributed by atoms with E-state index in [4.69, 9.17) is 0 Å². The first-order valence-corrected chi connectivity index (χ1v) is 8.77. The molecule has 1 aliphatic rings. The van der Waals surface area contributed by atoms with Crippen molar-refractivity contribution >= 4 is 23.6 Å². The van der Waals surface area contributed by atoms with Crippen LogP contribution in [0.25, 0.3) is 0 Å². The Morgan fingerprint density at radius 1 is 1.30 bits per heavy atom. The molecule has 0 unspecified atom stereocenters. The van der Waals surface area contributed by atoms with Crippen molar-refractivity contribution in [2.24, 2.45) is 4.99 Å². The third-order valence-electron chi connectivity index (χ3n) is 3.42. The Morgan fingerprint density at radius 3 is 2.60 bits per heavy atom. The summed E-state index contributed by atoms with van der Waals surface area (Å²) in [5.41, 5.74) is 0. The van der Waals surface area contributed by atoms with Gasteiger partial charge in [0.15, 0.2) is 5.96 Å². The van der Waals surface area contributed by atoms with Crippen molar-refractivity contribution in [1.82, 2.24) is 15.5 Å². The third-order valence-corrected chi connectivity index (χ3v) is 4.03. The van der Waals surface area contributed by atoms with Gasteiger partial charge in [0, 0.05) is 32.4 Å². The zero-order chi connectivity index (χ0) is 14.8. The van der Waals surface area contributed by atoms with Crippen molar-refractivity contribution in [3.63, 3.8) is 0 Å². The normalized spacial score (nSPS) is 16.9. The summed E-state index contributed by atoms with van der Waals surface area (Å²) in [6.07, 6.45) is 8.39. The highest BCUT2D eigenvalue weighted by molar-refractivity contribution is 7.98. The van der Waals surface area contributed by atoms with Gasteiger partial charge in [0.05, 0.1) is 0 Å². The number of amides is 1. The summed E-state index contributed by atoms with van der Waals surface area (Å²) in [6, 6.07) is 0.499. The second kappa shape index (κ2) is 9.91. The first kappa shape index (κ1) is 17.1. The van der Waals surface area contributed by atoms with Crippen LogP contribution in [-0.2, 0) is 4.79 Å². The maximum atomic E-state index is 11.6. The molecule has 0 radical (unpaired) electrons. The molecule has 0 heterocycles. The van der Waals surface area contributed by atoms with Crippen molar-refractivity contribution in [2.45, 2.75) is 38.1 Å². The Bertz CT molecular complexity index is 314. The van der Waals surface area contributed by atoms with E-state index in [1.54, 1.807) is 30.8 Å². The van der Waals surface area contributed by atoms with Crippen LogP contribution in [0.1, 0.15) is 32.1 Å². The van der Waals surface area contributed by atoms with Crippen molar-refractivity contribution in [3.8, 4) is 0 Å². The molecule has 116 valence electrons. The second-order valence-corrected chi connectivity index (χ2v) is 6.34. The highest BCUT2D eigenvalue weighted by Gasteiger charge is 2.14. The van der Waals surface area contributed by atoms with Gasteiger partial charge in [-0.15, -0.1) is 0 Å². The highest BCUT2D eigenvalue weighted by Crippen LogP contribution is 2.17. The van der Waals surface area contributed by atoms with Gasteiger partial charge in [-0.3, -0.25) is 4.79 Å². The fourth-order valence-corrected chi connectivity index (χ4v) is 2.46. The standard InChI is InChI=1S/C14H28N4OS/c1-18(2)13(19)11-16-14(15-9-10-20-3)17-12-7-5-4-6-8-12/h12H,4-11H2,1-3H3,(H2,15,16,17). The number of thioether (sulfide) groups is 1. The molecule has 0 aromatic carbocycles. The molecule has 6 heteroatoms. The molecule has 1 fully saturated rings. The predicted octanol–water partition coefficient (Wildman–Crippen LogP) is 1.31. The summed E-state index contributed by atoms with van der Waals surface area (Å²) >= 11 is 1.80. The summed E-state index contributed by atoms with van der Waals surface area (Å²) in [6.45, 7) is 1.07. The van der Waals surface area contributed by atoms with Gasteiger partial charge in [0.2, 0.25) is 5.91 Å². The van der Waals surface area contributed by atoms with E-state index in [9.17, 15) is 4.79 Å². The topological polar surface area (TPSA) is 56.7 Å². The van der Waals surface area contributed by atoms with Crippen LogP contribution in [0.2, 0.25) is 0 Å². The number of likely N-dealkylation sites (N-methyl/N-ethyl adjacent to an activating group) is 1. The Hall–Kier alpha value is -0.910. The number of aliphatic imine (C=N–C) groups is 1. The lowest BCUT2D eigenvalue weighted by molar-refractivity contribution is -0.127. The minimum Gasteiger partial charge on any atom is -0.356 e. The minimum absolute atomic E-state index is 0.0274. The molecule has 0 saturated heterocycles. The van der Waals surface area contributed by atoms with Crippen molar-refractivity contribution in [1.29, 1.82) is 0 Å². The monoisotopic (exact) mass is 300 g/mol. The fraction of sp³-hybridized carbons (Fsp3) is 0.857. The Morgan fingerprint density at radius 2 is 2.00 bits per heavy atom. The Labute approximate surface area is 127 Å². The average molecular weight is 300 g/mol. The first-order chi connectivity index (χ1) is 9.63. The van der Waals surface area contributed by atoms with Gasteiger partial charge in [-0.1, -0.05) is 19.3 Å². The van der Waals surface area contributed by atoms with Crippen molar-refractivity contribution in [2.75, 3.05) is 39.2 Å². The molecule has 0 aromatic rings. The largest absolute Gasteiger partial charge is 0.356 e. The van der Waals surface area contributed by atoms with Gasteiger partial charge in [-0.05, 0) is 19.1 Å². The van der Waals surface area contributed by atoms with Gasteiger partial charge in [-0.2, -0.15) is 11.8 Å². The van der Waals surface area contributed by atoms with Crippen molar-refractivity contribution < 1.29 is 4.79 Å². The van der Waals surface area contributed by atoms with E-state index in [1.165, 1.54) is 32.1 Å². The lowest BCUT2D eigenvalue weighted by Gasteiger charge is -2.25. The number of rotatable bonds is 6. The van der Waals surface area contributed by atoms with E-state index in [-0.39, 0.29) is 12.5 Å². The van der Waals surface area contributed by atoms with Gasteiger partial charge >= 0.3 is 0 Å². The summed E-state index contributed by atoms with van der Waals surface area (Å²) in [5, 5.41) is 6.78. The Balaban J connectivity index is 2.48. The van der Waals surface area contributed by atoms with Gasteiger partial charge in [0.25, 0.3) is 0 Å². The molecule has 0 atom stereocenters. The molecule has 0 bridgehead atoms. The number of hydrogen-bond donors (Lipinski definition) is 2. The molecule has 1 saturated carbocycles. The first-order valence-electron chi connectivity index (χ1n) is 7.37. The number of guanidine groups is 1. The molecule has 1 aliphatic carbocycles. The zero-order valence-electron chi connectivity index (χ0n) is 12.9. The fourth-order valence-electron chi connectivity index (χ4n) is 2.15. The lowest BCUT2D eigenvalue weighted by Crippen LogP contribution is -2.45. The second-order valence-electron chi connectivity index (χ2n) is 5.35. The summed E-state index contributed by atoms with van der Waals surface area (Å²) in [7, 11) is 3.51. The smallest absolute Gasteiger partial charge is 0.243 e. The number of nitrogens with one attached hydrogen (secondary N) is 2. The van der Waals surface area contributed by atoms with E-state index in [0.717, 1.165) is 18.3 Å². The van der Waals surface area contributed by atoms with E-state index in [0.29, 0.717) is 6.04 Å². The quantitative estimate of drug-likeness (QED) is 0.441. The van der Waals surface area contributed by atoms with Crippen LogP contribution in [0, 0.1) is 0 Å². The predicted molar refractivity (Wildman–Crippen MR) is 87.4 cm³/mol. The van der Waals surface area contributed by atoms with Gasteiger partial charge < -0.3 is 15.5 Å². The molecular weight excluding hydrogens is 272 g/mol. The SMILES string of the molecule is CSCCNC(=NCC(=O)N(C)C)NC1CCCCC1. The van der Waals surface area contributed by atoms with Crippen LogP contribution in [0.3, 0.4) is 0 Å². The van der Waals surface area contributed by atoms with Crippen LogP contribution < -0.4 is 10.6 Å². The third kappa shape index (κ3) is 7.03. The summed E-state index contributed by atoms with van der Waals surface area (Å²) in [5.74, 6) is 1.84. The van der Waals surface area contributed by atoms with Crippen LogP contribution in [-0.4, -0.2) is 62.0 Å². The number of hydrogen-bond acceptors (Lipinski definition) is 3. The molecule has 1 rings (SSSR count). The minimum atomic E-state index is 0.0274. The zero-order valence-corrected chi connectivity index (χ0v) is 13.8. The number of carbonyl (C=O) groups is 1. The molecule has 1 amide bonds.